The lowest BCUT2D eigenvalue weighted by molar-refractivity contribution is -0.137. The van der Waals surface area contributed by atoms with E-state index in [4.69, 9.17) is 14.2 Å². The van der Waals surface area contributed by atoms with E-state index in [1.54, 1.807) is 14.2 Å². The van der Waals surface area contributed by atoms with Crippen LogP contribution in [0.3, 0.4) is 0 Å². The first-order valence-electron chi connectivity index (χ1n) is 10.2. The number of fused-ring (bicyclic) bond motifs is 1. The van der Waals surface area contributed by atoms with Gasteiger partial charge in [-0.05, 0) is 60.7 Å². The maximum atomic E-state index is 12.6. The van der Waals surface area contributed by atoms with Crippen molar-refractivity contribution in [3.8, 4) is 17.2 Å². The number of benzene rings is 3. The fraction of sp³-hybridized carbons (Fsp3) is 0.269. The third kappa shape index (κ3) is 4.18. The maximum absolute atomic E-state index is 12.6. The van der Waals surface area contributed by atoms with Gasteiger partial charge in [-0.2, -0.15) is 0 Å². The Morgan fingerprint density at radius 3 is 2.27 bits per heavy atom. The summed E-state index contributed by atoms with van der Waals surface area (Å²) in [5, 5.41) is 0. The van der Waals surface area contributed by atoms with Crippen molar-refractivity contribution in [2.75, 3.05) is 14.2 Å². The Bertz CT molecular complexity index is 1010. The number of methoxy groups -OCH3 is 2. The van der Waals surface area contributed by atoms with Crippen LogP contribution in [0.5, 0.6) is 17.2 Å². The molecule has 1 heterocycles. The van der Waals surface area contributed by atoms with Crippen LogP contribution in [0.1, 0.15) is 29.5 Å². The van der Waals surface area contributed by atoms with Crippen molar-refractivity contribution < 1.29 is 19.0 Å². The number of rotatable bonds is 7. The van der Waals surface area contributed by atoms with Gasteiger partial charge in [-0.15, -0.1) is 0 Å². The molecule has 3 aromatic carbocycles. The molecule has 1 aliphatic rings. The van der Waals surface area contributed by atoms with E-state index in [1.807, 2.05) is 36.4 Å². The van der Waals surface area contributed by atoms with E-state index >= 15 is 0 Å². The van der Waals surface area contributed by atoms with E-state index in [9.17, 15) is 4.79 Å². The van der Waals surface area contributed by atoms with Crippen LogP contribution in [0.4, 0.5) is 0 Å². The van der Waals surface area contributed by atoms with E-state index < -0.39 is 0 Å². The van der Waals surface area contributed by atoms with E-state index in [1.165, 1.54) is 5.56 Å². The van der Waals surface area contributed by atoms with Crippen molar-refractivity contribution >= 4 is 5.97 Å². The van der Waals surface area contributed by atoms with Gasteiger partial charge in [0.25, 0.3) is 0 Å². The van der Waals surface area contributed by atoms with Crippen molar-refractivity contribution in [3.63, 3.8) is 0 Å². The van der Waals surface area contributed by atoms with Crippen LogP contribution in [-0.2, 0) is 23.1 Å². The highest BCUT2D eigenvalue weighted by Gasteiger charge is 2.41. The lowest BCUT2D eigenvalue weighted by Crippen LogP contribution is -2.38. The fourth-order valence-electron chi connectivity index (χ4n) is 4.30. The van der Waals surface area contributed by atoms with E-state index in [0.29, 0.717) is 12.2 Å². The Hall–Kier alpha value is -3.27. The molecular weight excluding hydrogens is 376 g/mol. The minimum absolute atomic E-state index is 0.186. The predicted molar refractivity (Wildman–Crippen MR) is 116 cm³/mol. The number of aryl methyl sites for hydroxylation is 1. The standard InChI is InChI=1S/C26H26O4/c1-28-21-10-8-20(9-11-21)17-26(15-14-19-6-4-3-5-7-19)18-25(27)30-24-13-12-22(29-2)16-23(24)26/h3-13,16H,14-15,17-18H2,1-2H3. The molecule has 0 spiro atoms. The van der Waals surface area contributed by atoms with Gasteiger partial charge < -0.3 is 14.2 Å². The topological polar surface area (TPSA) is 44.8 Å². The number of carbonyl (C=O) groups excluding carboxylic acids is 1. The summed E-state index contributed by atoms with van der Waals surface area (Å²) in [5.41, 5.74) is 3.08. The van der Waals surface area contributed by atoms with Crippen LogP contribution in [0.2, 0.25) is 0 Å². The summed E-state index contributed by atoms with van der Waals surface area (Å²) < 4.78 is 16.4. The van der Waals surface area contributed by atoms with Crippen molar-refractivity contribution in [2.45, 2.75) is 31.1 Å². The highest BCUT2D eigenvalue weighted by Crippen LogP contribution is 2.46. The highest BCUT2D eigenvalue weighted by atomic mass is 16.5. The van der Waals surface area contributed by atoms with Gasteiger partial charge in [0.2, 0.25) is 0 Å². The monoisotopic (exact) mass is 402 g/mol. The number of hydrogen-bond donors (Lipinski definition) is 0. The molecule has 30 heavy (non-hydrogen) atoms. The molecule has 0 saturated heterocycles. The number of carbonyl (C=O) groups is 1. The molecule has 154 valence electrons. The van der Waals surface area contributed by atoms with Gasteiger partial charge >= 0.3 is 5.97 Å². The van der Waals surface area contributed by atoms with Crippen LogP contribution in [0.15, 0.2) is 72.8 Å². The first-order valence-corrected chi connectivity index (χ1v) is 10.2. The average molecular weight is 402 g/mol. The van der Waals surface area contributed by atoms with Gasteiger partial charge in [0, 0.05) is 11.0 Å². The second-order valence-electron chi connectivity index (χ2n) is 7.80. The molecule has 4 rings (SSSR count). The van der Waals surface area contributed by atoms with Crippen LogP contribution >= 0.6 is 0 Å². The number of hydrogen-bond acceptors (Lipinski definition) is 4. The van der Waals surface area contributed by atoms with Crippen LogP contribution in [0.25, 0.3) is 0 Å². The summed E-state index contributed by atoms with van der Waals surface area (Å²) in [5.74, 6) is 2.04. The number of esters is 1. The van der Waals surface area contributed by atoms with Gasteiger partial charge in [0.15, 0.2) is 0 Å². The van der Waals surface area contributed by atoms with E-state index in [0.717, 1.165) is 41.9 Å². The molecule has 0 aliphatic carbocycles. The molecule has 0 fully saturated rings. The molecule has 0 bridgehead atoms. The Labute approximate surface area is 177 Å². The number of ether oxygens (including phenoxy) is 3. The van der Waals surface area contributed by atoms with Crippen molar-refractivity contribution in [3.05, 3.63) is 89.5 Å². The first kappa shape index (κ1) is 20.0. The van der Waals surface area contributed by atoms with Crippen LogP contribution < -0.4 is 14.2 Å². The molecule has 0 aromatic heterocycles. The average Bonchev–Trinajstić information content (AvgIpc) is 2.78. The summed E-state index contributed by atoms with van der Waals surface area (Å²) in [6, 6.07) is 24.2. The molecule has 3 aromatic rings. The summed E-state index contributed by atoms with van der Waals surface area (Å²) in [7, 11) is 3.32. The molecule has 4 nitrogen and oxygen atoms in total. The molecule has 0 radical (unpaired) electrons. The molecule has 0 N–H and O–H groups in total. The lowest BCUT2D eigenvalue weighted by atomic mass is 9.68. The summed E-state index contributed by atoms with van der Waals surface area (Å²) in [4.78, 5) is 12.6. The third-order valence-corrected chi connectivity index (χ3v) is 5.90. The van der Waals surface area contributed by atoms with E-state index in [2.05, 4.69) is 36.4 Å². The summed E-state index contributed by atoms with van der Waals surface area (Å²) in [6.07, 6.45) is 2.78. The van der Waals surface area contributed by atoms with Crippen molar-refractivity contribution in [1.82, 2.24) is 0 Å². The molecule has 1 aliphatic heterocycles. The third-order valence-electron chi connectivity index (χ3n) is 5.90. The van der Waals surface area contributed by atoms with Gasteiger partial charge in [-0.3, -0.25) is 4.79 Å². The molecule has 4 heteroatoms. The Morgan fingerprint density at radius 1 is 0.867 bits per heavy atom. The lowest BCUT2D eigenvalue weighted by Gasteiger charge is -2.38. The normalized spacial score (nSPS) is 17.7. The van der Waals surface area contributed by atoms with Gasteiger partial charge in [0.05, 0.1) is 20.6 Å². The smallest absolute Gasteiger partial charge is 0.312 e. The van der Waals surface area contributed by atoms with Gasteiger partial charge in [-0.25, -0.2) is 0 Å². The fourth-order valence-corrected chi connectivity index (χ4v) is 4.30. The molecule has 1 unspecified atom stereocenters. The Morgan fingerprint density at radius 2 is 1.57 bits per heavy atom. The zero-order valence-electron chi connectivity index (χ0n) is 17.4. The minimum Gasteiger partial charge on any atom is -0.497 e. The van der Waals surface area contributed by atoms with Crippen molar-refractivity contribution in [1.29, 1.82) is 0 Å². The maximum Gasteiger partial charge on any atom is 0.312 e. The SMILES string of the molecule is COc1ccc(CC2(CCc3ccccc3)CC(=O)Oc3ccc(OC)cc32)cc1. The quantitative estimate of drug-likeness (QED) is 0.406. The van der Waals surface area contributed by atoms with Gasteiger partial charge in [-0.1, -0.05) is 42.5 Å². The second kappa shape index (κ2) is 8.62. The zero-order valence-corrected chi connectivity index (χ0v) is 17.4. The van der Waals surface area contributed by atoms with Crippen LogP contribution in [-0.4, -0.2) is 20.2 Å². The second-order valence-corrected chi connectivity index (χ2v) is 7.80. The summed E-state index contributed by atoms with van der Waals surface area (Å²) >= 11 is 0. The molecule has 0 amide bonds. The largest absolute Gasteiger partial charge is 0.497 e. The van der Waals surface area contributed by atoms with E-state index in [-0.39, 0.29) is 11.4 Å². The summed E-state index contributed by atoms with van der Waals surface area (Å²) in [6.45, 7) is 0. The van der Waals surface area contributed by atoms with Gasteiger partial charge in [0.1, 0.15) is 17.2 Å². The predicted octanol–water partition coefficient (Wildman–Crippen LogP) is 5.13. The molecule has 1 atom stereocenters. The molecular formula is C26H26O4. The molecule has 0 saturated carbocycles. The first-order chi connectivity index (χ1) is 14.6. The Kier molecular flexibility index (Phi) is 5.75. The van der Waals surface area contributed by atoms with Crippen LogP contribution in [0, 0.1) is 0 Å². The Balaban J connectivity index is 1.75. The minimum atomic E-state index is -0.371. The van der Waals surface area contributed by atoms with Crippen molar-refractivity contribution in [2.24, 2.45) is 0 Å². The zero-order chi connectivity index (χ0) is 21.0. The highest BCUT2D eigenvalue weighted by molar-refractivity contribution is 5.78.